The number of morpholine rings is 1. The van der Waals surface area contributed by atoms with Crippen LogP contribution in [0.4, 0.5) is 0 Å². The number of nitrogens with zero attached hydrogens (tertiary/aromatic N) is 1. The van der Waals surface area contributed by atoms with Crippen molar-refractivity contribution >= 4 is 18.3 Å². The van der Waals surface area contributed by atoms with E-state index in [0.717, 1.165) is 48.6 Å². The normalized spacial score (nSPS) is 23.7. The number of hydrogen-bond acceptors (Lipinski definition) is 5. The van der Waals surface area contributed by atoms with E-state index in [4.69, 9.17) is 14.2 Å². The van der Waals surface area contributed by atoms with Crippen molar-refractivity contribution in [2.24, 2.45) is 5.92 Å². The smallest absolute Gasteiger partial charge is 0.231 e. The Labute approximate surface area is 182 Å². The first-order valence-electron chi connectivity index (χ1n) is 10.4. The van der Waals surface area contributed by atoms with Crippen LogP contribution in [0.1, 0.15) is 36.2 Å². The molecule has 6 nitrogen and oxygen atoms in total. The molecule has 2 aromatic carbocycles. The van der Waals surface area contributed by atoms with Crippen LogP contribution in [0.3, 0.4) is 0 Å². The molecule has 0 saturated carbocycles. The Hall–Kier alpha value is -2.28. The van der Waals surface area contributed by atoms with Crippen molar-refractivity contribution in [3.05, 3.63) is 59.7 Å². The van der Waals surface area contributed by atoms with Crippen LogP contribution in [0.15, 0.2) is 48.5 Å². The summed E-state index contributed by atoms with van der Waals surface area (Å²) in [4.78, 5) is 15.3. The van der Waals surface area contributed by atoms with Crippen LogP contribution >= 0.6 is 12.4 Å². The minimum atomic E-state index is -0.200. The molecule has 0 radical (unpaired) electrons. The first-order chi connectivity index (χ1) is 14.3. The van der Waals surface area contributed by atoms with Crippen LogP contribution in [-0.4, -0.2) is 43.8 Å². The molecule has 3 aliphatic rings. The van der Waals surface area contributed by atoms with Gasteiger partial charge in [-0.2, -0.15) is 0 Å². The standard InChI is InChI=1S/C23H26N2O4.ClH/c26-23(17-8-10-24-11-9-17)25-13-21(16-4-2-1-3-5-16)29-22(14-25)18-6-7-19-20(12-18)28-15-27-19;/h1-7,12,17,21-22,24H,8-11,13-15H2;1H/t21-,22+;/m0./s1. The second-order valence-corrected chi connectivity index (χ2v) is 7.90. The molecule has 0 bridgehead atoms. The second kappa shape index (κ2) is 9.25. The van der Waals surface area contributed by atoms with E-state index >= 15 is 0 Å². The van der Waals surface area contributed by atoms with Crippen molar-refractivity contribution in [2.45, 2.75) is 25.0 Å². The molecule has 0 aliphatic carbocycles. The van der Waals surface area contributed by atoms with Gasteiger partial charge in [-0.3, -0.25) is 4.79 Å². The third-order valence-electron chi connectivity index (χ3n) is 6.04. The predicted molar refractivity (Wildman–Crippen MR) is 115 cm³/mol. The fourth-order valence-electron chi connectivity index (χ4n) is 4.42. The van der Waals surface area contributed by atoms with Gasteiger partial charge in [0.2, 0.25) is 12.7 Å². The predicted octanol–water partition coefficient (Wildman–Crippen LogP) is 3.48. The number of ether oxygens (including phenoxy) is 3. The molecule has 2 aromatic rings. The lowest BCUT2D eigenvalue weighted by Crippen LogP contribution is -2.47. The summed E-state index contributed by atoms with van der Waals surface area (Å²) in [6.07, 6.45) is 1.46. The van der Waals surface area contributed by atoms with Gasteiger partial charge in [0.25, 0.3) is 0 Å². The highest BCUT2D eigenvalue weighted by molar-refractivity contribution is 5.85. The van der Waals surface area contributed by atoms with Crippen molar-refractivity contribution in [3.8, 4) is 11.5 Å². The van der Waals surface area contributed by atoms with E-state index in [1.54, 1.807) is 0 Å². The molecule has 2 fully saturated rings. The Morgan fingerprint density at radius 1 is 0.900 bits per heavy atom. The molecule has 0 unspecified atom stereocenters. The fourth-order valence-corrected chi connectivity index (χ4v) is 4.42. The summed E-state index contributed by atoms with van der Waals surface area (Å²) < 4.78 is 17.5. The van der Waals surface area contributed by atoms with Crippen LogP contribution in [0, 0.1) is 5.92 Å². The van der Waals surface area contributed by atoms with Gasteiger partial charge in [0.05, 0.1) is 13.1 Å². The number of amides is 1. The molecule has 3 heterocycles. The third-order valence-corrected chi connectivity index (χ3v) is 6.04. The SMILES string of the molecule is Cl.O=C(C1CCNCC1)N1C[C@@H](c2ccccc2)O[C@@H](c2ccc3c(c2)OCO3)C1. The molecule has 5 rings (SSSR count). The first-order valence-corrected chi connectivity index (χ1v) is 10.4. The monoisotopic (exact) mass is 430 g/mol. The van der Waals surface area contributed by atoms with Gasteiger partial charge < -0.3 is 24.4 Å². The number of nitrogens with one attached hydrogen (secondary N) is 1. The molecule has 0 aromatic heterocycles. The summed E-state index contributed by atoms with van der Waals surface area (Å²) in [6, 6.07) is 16.1. The van der Waals surface area contributed by atoms with E-state index in [1.807, 2.05) is 41.3 Å². The molecular weight excluding hydrogens is 404 g/mol. The van der Waals surface area contributed by atoms with Gasteiger partial charge in [-0.05, 0) is 49.2 Å². The maximum atomic E-state index is 13.3. The largest absolute Gasteiger partial charge is 0.454 e. The summed E-state index contributed by atoms with van der Waals surface area (Å²) in [7, 11) is 0. The Morgan fingerprint density at radius 2 is 1.60 bits per heavy atom. The maximum absolute atomic E-state index is 13.3. The Kier molecular flexibility index (Phi) is 6.46. The Bertz CT molecular complexity index is 873. The van der Waals surface area contributed by atoms with Crippen molar-refractivity contribution in [1.82, 2.24) is 10.2 Å². The minimum Gasteiger partial charge on any atom is -0.454 e. The van der Waals surface area contributed by atoms with Crippen molar-refractivity contribution in [1.29, 1.82) is 0 Å². The van der Waals surface area contributed by atoms with E-state index in [9.17, 15) is 4.79 Å². The Balaban J connectivity index is 0.00000218. The van der Waals surface area contributed by atoms with Gasteiger partial charge >= 0.3 is 0 Å². The molecule has 2 atom stereocenters. The summed E-state index contributed by atoms with van der Waals surface area (Å²) in [5, 5.41) is 3.34. The number of fused-ring (bicyclic) bond motifs is 1. The second-order valence-electron chi connectivity index (χ2n) is 7.90. The van der Waals surface area contributed by atoms with E-state index in [0.29, 0.717) is 13.1 Å². The number of halogens is 1. The summed E-state index contributed by atoms with van der Waals surface area (Å²) in [5.41, 5.74) is 2.11. The number of piperidine rings is 1. The summed E-state index contributed by atoms with van der Waals surface area (Å²) in [5.74, 6) is 1.85. The average Bonchev–Trinajstić information content (AvgIpc) is 3.27. The van der Waals surface area contributed by atoms with Crippen LogP contribution in [0.25, 0.3) is 0 Å². The molecule has 160 valence electrons. The molecular formula is C23H27ClN2O4. The zero-order valence-electron chi connectivity index (χ0n) is 16.8. The van der Waals surface area contributed by atoms with E-state index in [-0.39, 0.29) is 43.2 Å². The van der Waals surface area contributed by atoms with Gasteiger partial charge in [-0.1, -0.05) is 36.4 Å². The van der Waals surface area contributed by atoms with E-state index in [2.05, 4.69) is 17.4 Å². The lowest BCUT2D eigenvalue weighted by atomic mass is 9.94. The quantitative estimate of drug-likeness (QED) is 0.807. The lowest BCUT2D eigenvalue weighted by Gasteiger charge is -2.40. The van der Waals surface area contributed by atoms with Gasteiger partial charge in [0.1, 0.15) is 12.2 Å². The van der Waals surface area contributed by atoms with Gasteiger partial charge in [0.15, 0.2) is 11.5 Å². The number of hydrogen-bond donors (Lipinski definition) is 1. The highest BCUT2D eigenvalue weighted by atomic mass is 35.5. The van der Waals surface area contributed by atoms with Crippen LogP contribution in [0.2, 0.25) is 0 Å². The first kappa shape index (κ1) is 21.0. The molecule has 30 heavy (non-hydrogen) atoms. The van der Waals surface area contributed by atoms with Gasteiger partial charge in [-0.15, -0.1) is 12.4 Å². The van der Waals surface area contributed by atoms with E-state index < -0.39 is 0 Å². The van der Waals surface area contributed by atoms with Crippen molar-refractivity contribution < 1.29 is 19.0 Å². The van der Waals surface area contributed by atoms with Crippen molar-refractivity contribution in [3.63, 3.8) is 0 Å². The molecule has 1 N–H and O–H groups in total. The lowest BCUT2D eigenvalue weighted by molar-refractivity contribution is -0.151. The van der Waals surface area contributed by atoms with E-state index in [1.165, 1.54) is 0 Å². The molecule has 3 aliphatic heterocycles. The van der Waals surface area contributed by atoms with Crippen LogP contribution in [0.5, 0.6) is 11.5 Å². The van der Waals surface area contributed by atoms with Gasteiger partial charge in [0, 0.05) is 5.92 Å². The van der Waals surface area contributed by atoms with Gasteiger partial charge in [-0.25, -0.2) is 0 Å². The zero-order chi connectivity index (χ0) is 19.6. The average molecular weight is 431 g/mol. The molecule has 7 heteroatoms. The summed E-state index contributed by atoms with van der Waals surface area (Å²) in [6.45, 7) is 3.22. The maximum Gasteiger partial charge on any atom is 0.231 e. The number of rotatable bonds is 3. The minimum absolute atomic E-state index is 0. The molecule has 0 spiro atoms. The topological polar surface area (TPSA) is 60.0 Å². The number of benzene rings is 2. The third kappa shape index (κ3) is 4.26. The van der Waals surface area contributed by atoms with Crippen LogP contribution in [-0.2, 0) is 9.53 Å². The zero-order valence-corrected chi connectivity index (χ0v) is 17.6. The summed E-state index contributed by atoms with van der Waals surface area (Å²) >= 11 is 0. The fraction of sp³-hybridized carbons (Fsp3) is 0.435. The molecule has 1 amide bonds. The number of carbonyl (C=O) groups is 1. The highest BCUT2D eigenvalue weighted by Crippen LogP contribution is 2.39. The number of carbonyl (C=O) groups excluding carboxylic acids is 1. The highest BCUT2D eigenvalue weighted by Gasteiger charge is 2.35. The molecule has 2 saturated heterocycles. The van der Waals surface area contributed by atoms with Crippen molar-refractivity contribution in [2.75, 3.05) is 33.0 Å². The van der Waals surface area contributed by atoms with Crippen LogP contribution < -0.4 is 14.8 Å². The Morgan fingerprint density at radius 3 is 2.37 bits per heavy atom.